The quantitative estimate of drug-likeness (QED) is 0.792. The molecule has 1 aromatic carbocycles. The molecule has 0 saturated heterocycles. The van der Waals surface area contributed by atoms with Gasteiger partial charge in [0.1, 0.15) is 12.5 Å². The number of ether oxygens (including phenoxy) is 2. The molecule has 1 rings (SSSR count). The molecule has 15 heavy (non-hydrogen) atoms. The predicted octanol–water partition coefficient (Wildman–Crippen LogP) is 2.60. The first-order chi connectivity index (χ1) is 7.01. The molecule has 3 nitrogen and oxygen atoms in total. The second-order valence-electron chi connectivity index (χ2n) is 2.68. The normalized spacial score (nSPS) is 11.2. The molecule has 84 valence electrons. The van der Waals surface area contributed by atoms with Gasteiger partial charge in [-0.2, -0.15) is 0 Å². The molecule has 0 atom stereocenters. The zero-order valence-electron chi connectivity index (χ0n) is 7.97. The molecule has 0 heterocycles. The summed E-state index contributed by atoms with van der Waals surface area (Å²) >= 11 is 0. The molecule has 0 amide bonds. The SMILES string of the molecule is COCNc1ccc(OC(F)(F)F)cc1. The first-order valence-electron chi connectivity index (χ1n) is 4.10. The highest BCUT2D eigenvalue weighted by Crippen LogP contribution is 2.23. The Morgan fingerprint density at radius 3 is 2.27 bits per heavy atom. The molecule has 1 aromatic rings. The molecule has 1 N–H and O–H groups in total. The maximum atomic E-state index is 11.8. The van der Waals surface area contributed by atoms with Crippen LogP contribution >= 0.6 is 0 Å². The maximum absolute atomic E-state index is 11.8. The van der Waals surface area contributed by atoms with Crippen LogP contribution in [0.5, 0.6) is 5.75 Å². The number of alkyl halides is 3. The summed E-state index contributed by atoms with van der Waals surface area (Å²) in [5.41, 5.74) is 0.659. The second-order valence-corrected chi connectivity index (χ2v) is 2.68. The van der Waals surface area contributed by atoms with Gasteiger partial charge >= 0.3 is 6.36 Å². The predicted molar refractivity (Wildman–Crippen MR) is 48.6 cm³/mol. The summed E-state index contributed by atoms with van der Waals surface area (Å²) in [7, 11) is 1.51. The molecule has 0 aliphatic carbocycles. The third-order valence-electron chi connectivity index (χ3n) is 1.51. The van der Waals surface area contributed by atoms with Crippen molar-refractivity contribution in [2.75, 3.05) is 19.2 Å². The number of hydrogen-bond acceptors (Lipinski definition) is 3. The van der Waals surface area contributed by atoms with Gasteiger partial charge in [-0.25, -0.2) is 0 Å². The average molecular weight is 221 g/mol. The van der Waals surface area contributed by atoms with E-state index in [0.717, 1.165) is 0 Å². The lowest BCUT2D eigenvalue weighted by atomic mass is 10.3. The fourth-order valence-corrected chi connectivity index (χ4v) is 0.930. The van der Waals surface area contributed by atoms with Gasteiger partial charge < -0.3 is 14.8 Å². The highest BCUT2D eigenvalue weighted by atomic mass is 19.4. The van der Waals surface area contributed by atoms with Crippen molar-refractivity contribution in [3.63, 3.8) is 0 Å². The van der Waals surface area contributed by atoms with E-state index < -0.39 is 6.36 Å². The number of methoxy groups -OCH3 is 1. The summed E-state index contributed by atoms with van der Waals surface area (Å²) in [5.74, 6) is -0.245. The summed E-state index contributed by atoms with van der Waals surface area (Å²) in [6.07, 6.45) is -4.65. The lowest BCUT2D eigenvalue weighted by molar-refractivity contribution is -0.274. The van der Waals surface area contributed by atoms with Crippen LogP contribution in [0.3, 0.4) is 0 Å². The fraction of sp³-hybridized carbons (Fsp3) is 0.333. The van der Waals surface area contributed by atoms with E-state index >= 15 is 0 Å². The van der Waals surface area contributed by atoms with Gasteiger partial charge in [0, 0.05) is 12.8 Å². The number of benzene rings is 1. The Labute approximate surface area is 84.8 Å². The van der Waals surface area contributed by atoms with E-state index in [2.05, 4.69) is 10.1 Å². The standard InChI is InChI=1S/C9H10F3NO2/c1-14-6-13-7-2-4-8(5-3-7)15-9(10,11)12/h2-5,13H,6H2,1H3. The summed E-state index contributed by atoms with van der Waals surface area (Å²) < 4.78 is 43.8. The largest absolute Gasteiger partial charge is 0.573 e. The molecule has 0 radical (unpaired) electrons. The first-order valence-corrected chi connectivity index (χ1v) is 4.10. The lowest BCUT2D eigenvalue weighted by Crippen LogP contribution is -2.17. The lowest BCUT2D eigenvalue weighted by Gasteiger charge is -2.09. The Morgan fingerprint density at radius 2 is 1.80 bits per heavy atom. The van der Waals surface area contributed by atoms with Crippen LogP contribution in [0.4, 0.5) is 18.9 Å². The Bertz CT molecular complexity index is 297. The molecular weight excluding hydrogens is 211 g/mol. The number of anilines is 1. The van der Waals surface area contributed by atoms with Crippen molar-refractivity contribution < 1.29 is 22.6 Å². The monoisotopic (exact) mass is 221 g/mol. The van der Waals surface area contributed by atoms with Crippen LogP contribution in [-0.4, -0.2) is 20.2 Å². The van der Waals surface area contributed by atoms with E-state index in [0.29, 0.717) is 12.4 Å². The topological polar surface area (TPSA) is 30.5 Å². The summed E-state index contributed by atoms with van der Waals surface area (Å²) in [6.45, 7) is 0.291. The van der Waals surface area contributed by atoms with Crippen molar-refractivity contribution in [3.8, 4) is 5.75 Å². The smallest absolute Gasteiger partial charge is 0.406 e. The molecular formula is C9H10F3NO2. The van der Waals surface area contributed by atoms with Crippen molar-refractivity contribution in [2.24, 2.45) is 0 Å². The average Bonchev–Trinajstić information content (AvgIpc) is 2.14. The highest BCUT2D eigenvalue weighted by Gasteiger charge is 2.30. The van der Waals surface area contributed by atoms with Gasteiger partial charge in [-0.15, -0.1) is 13.2 Å². The zero-order chi connectivity index (χ0) is 11.3. The number of nitrogens with one attached hydrogen (secondary N) is 1. The van der Waals surface area contributed by atoms with Gasteiger partial charge in [0.25, 0.3) is 0 Å². The Balaban J connectivity index is 2.56. The highest BCUT2D eigenvalue weighted by molar-refractivity contribution is 5.45. The van der Waals surface area contributed by atoms with Gasteiger partial charge in [0.2, 0.25) is 0 Å². The number of rotatable bonds is 4. The molecule has 0 fully saturated rings. The van der Waals surface area contributed by atoms with E-state index in [1.54, 1.807) is 0 Å². The van der Waals surface area contributed by atoms with E-state index in [9.17, 15) is 13.2 Å². The van der Waals surface area contributed by atoms with Crippen LogP contribution in [0.25, 0.3) is 0 Å². The zero-order valence-corrected chi connectivity index (χ0v) is 7.97. The minimum atomic E-state index is -4.65. The van der Waals surface area contributed by atoms with Crippen molar-refractivity contribution >= 4 is 5.69 Å². The minimum absolute atomic E-state index is 0.245. The number of hydrogen-bond donors (Lipinski definition) is 1. The van der Waals surface area contributed by atoms with Crippen LogP contribution in [0.15, 0.2) is 24.3 Å². The Hall–Kier alpha value is -1.43. The van der Waals surface area contributed by atoms with E-state index in [-0.39, 0.29) is 5.75 Å². The number of halogens is 3. The third kappa shape index (κ3) is 4.55. The molecule has 0 aromatic heterocycles. The molecule has 0 aliphatic heterocycles. The van der Waals surface area contributed by atoms with Gasteiger partial charge in [-0.3, -0.25) is 0 Å². The van der Waals surface area contributed by atoms with Crippen LogP contribution in [0.2, 0.25) is 0 Å². The van der Waals surface area contributed by atoms with Crippen LogP contribution in [0, 0.1) is 0 Å². The van der Waals surface area contributed by atoms with E-state index in [1.165, 1.54) is 31.4 Å². The Morgan fingerprint density at radius 1 is 1.20 bits per heavy atom. The molecule has 0 unspecified atom stereocenters. The van der Waals surface area contributed by atoms with E-state index in [4.69, 9.17) is 4.74 Å². The second kappa shape index (κ2) is 4.88. The summed E-state index contributed by atoms with van der Waals surface area (Å²) in [4.78, 5) is 0. The van der Waals surface area contributed by atoms with Crippen molar-refractivity contribution in [2.45, 2.75) is 6.36 Å². The summed E-state index contributed by atoms with van der Waals surface area (Å²) in [5, 5.41) is 2.83. The minimum Gasteiger partial charge on any atom is -0.406 e. The first kappa shape index (κ1) is 11.6. The van der Waals surface area contributed by atoms with Gasteiger partial charge in [0.05, 0.1) is 0 Å². The third-order valence-corrected chi connectivity index (χ3v) is 1.51. The van der Waals surface area contributed by atoms with Crippen molar-refractivity contribution in [3.05, 3.63) is 24.3 Å². The maximum Gasteiger partial charge on any atom is 0.573 e. The van der Waals surface area contributed by atoms with Crippen LogP contribution in [0.1, 0.15) is 0 Å². The fourth-order valence-electron chi connectivity index (χ4n) is 0.930. The molecule has 6 heteroatoms. The van der Waals surface area contributed by atoms with Crippen LogP contribution in [-0.2, 0) is 4.74 Å². The van der Waals surface area contributed by atoms with Gasteiger partial charge in [-0.1, -0.05) is 0 Å². The molecule has 0 aliphatic rings. The Kier molecular flexibility index (Phi) is 3.79. The van der Waals surface area contributed by atoms with Gasteiger partial charge in [-0.05, 0) is 24.3 Å². The van der Waals surface area contributed by atoms with Crippen LogP contribution < -0.4 is 10.1 Å². The molecule has 0 bridgehead atoms. The van der Waals surface area contributed by atoms with E-state index in [1.807, 2.05) is 0 Å². The molecule has 0 spiro atoms. The van der Waals surface area contributed by atoms with Gasteiger partial charge in [0.15, 0.2) is 0 Å². The van der Waals surface area contributed by atoms with Crippen molar-refractivity contribution in [1.29, 1.82) is 0 Å². The molecule has 0 saturated carbocycles. The summed E-state index contributed by atoms with van der Waals surface area (Å²) in [6, 6.07) is 5.40. The van der Waals surface area contributed by atoms with Crippen molar-refractivity contribution in [1.82, 2.24) is 0 Å².